The van der Waals surface area contributed by atoms with Crippen LogP contribution < -0.4 is 5.73 Å². The number of thiophene rings is 1. The molecule has 0 amide bonds. The minimum Gasteiger partial charge on any atom is -0.380 e. The summed E-state index contributed by atoms with van der Waals surface area (Å²) >= 11 is 1.31. The standard InChI is InChI=1S/C11H18N2O3S2/c12-5-4-10-2-3-11(17-10)18(14,15)13-6-1-8-16-9-7-13/h2-3H,1,4-9,12H2. The zero-order valence-corrected chi connectivity index (χ0v) is 11.8. The maximum Gasteiger partial charge on any atom is 0.252 e. The molecule has 102 valence electrons. The molecule has 1 fully saturated rings. The number of nitrogens with zero attached hydrogens (tertiary/aromatic N) is 1. The van der Waals surface area contributed by atoms with E-state index < -0.39 is 10.0 Å². The number of nitrogens with two attached hydrogens (primary N) is 1. The maximum atomic E-state index is 12.4. The highest BCUT2D eigenvalue weighted by atomic mass is 32.2. The predicted octanol–water partition coefficient (Wildman–Crippen LogP) is 0.660. The lowest BCUT2D eigenvalue weighted by atomic mass is 10.3. The van der Waals surface area contributed by atoms with Gasteiger partial charge in [0.25, 0.3) is 10.0 Å². The van der Waals surface area contributed by atoms with Crippen molar-refractivity contribution in [1.82, 2.24) is 4.31 Å². The van der Waals surface area contributed by atoms with Crippen molar-refractivity contribution in [3.63, 3.8) is 0 Å². The van der Waals surface area contributed by atoms with Gasteiger partial charge in [0, 0.05) is 24.6 Å². The fraction of sp³-hybridized carbons (Fsp3) is 0.636. The molecule has 1 aliphatic rings. The molecule has 2 heterocycles. The molecule has 7 heteroatoms. The average molecular weight is 290 g/mol. The molecule has 2 N–H and O–H groups in total. The molecule has 1 aliphatic heterocycles. The van der Waals surface area contributed by atoms with Crippen LogP contribution in [-0.4, -0.2) is 45.6 Å². The van der Waals surface area contributed by atoms with Crippen LogP contribution in [0.5, 0.6) is 0 Å². The van der Waals surface area contributed by atoms with Crippen molar-refractivity contribution in [3.8, 4) is 0 Å². The van der Waals surface area contributed by atoms with Crippen molar-refractivity contribution >= 4 is 21.4 Å². The molecule has 0 saturated carbocycles. The quantitative estimate of drug-likeness (QED) is 0.884. The van der Waals surface area contributed by atoms with Gasteiger partial charge in [0.2, 0.25) is 0 Å². The summed E-state index contributed by atoms with van der Waals surface area (Å²) in [7, 11) is -3.35. The molecule has 0 unspecified atom stereocenters. The predicted molar refractivity (Wildman–Crippen MR) is 71.3 cm³/mol. The Morgan fingerprint density at radius 2 is 2.17 bits per heavy atom. The van der Waals surface area contributed by atoms with Crippen molar-refractivity contribution in [2.45, 2.75) is 17.1 Å². The first-order valence-corrected chi connectivity index (χ1v) is 8.27. The Kier molecular flexibility index (Phi) is 4.74. The van der Waals surface area contributed by atoms with E-state index in [0.717, 1.165) is 17.7 Å². The Morgan fingerprint density at radius 3 is 2.94 bits per heavy atom. The van der Waals surface area contributed by atoms with Crippen LogP contribution in [-0.2, 0) is 21.2 Å². The van der Waals surface area contributed by atoms with Crippen LogP contribution >= 0.6 is 11.3 Å². The van der Waals surface area contributed by atoms with Gasteiger partial charge in [-0.2, -0.15) is 4.31 Å². The van der Waals surface area contributed by atoms with Crippen molar-refractivity contribution in [3.05, 3.63) is 17.0 Å². The Labute approximate surface area is 112 Å². The second kappa shape index (κ2) is 6.12. The third-order valence-electron chi connectivity index (χ3n) is 2.80. The molecule has 0 spiro atoms. The van der Waals surface area contributed by atoms with E-state index in [0.29, 0.717) is 37.1 Å². The van der Waals surface area contributed by atoms with Crippen LogP contribution in [0.1, 0.15) is 11.3 Å². The van der Waals surface area contributed by atoms with Crippen LogP contribution in [0.4, 0.5) is 0 Å². The van der Waals surface area contributed by atoms with Crippen molar-refractivity contribution in [2.24, 2.45) is 5.73 Å². The van der Waals surface area contributed by atoms with Gasteiger partial charge in [0.05, 0.1) is 6.61 Å². The molecule has 5 nitrogen and oxygen atoms in total. The molecule has 1 aromatic rings. The van der Waals surface area contributed by atoms with Crippen LogP contribution in [0.3, 0.4) is 0 Å². The molecular weight excluding hydrogens is 272 g/mol. The van der Waals surface area contributed by atoms with Gasteiger partial charge in [-0.05, 0) is 31.5 Å². The molecule has 1 aromatic heterocycles. The third-order valence-corrected chi connectivity index (χ3v) is 6.31. The lowest BCUT2D eigenvalue weighted by Gasteiger charge is -2.17. The lowest BCUT2D eigenvalue weighted by molar-refractivity contribution is 0.148. The summed E-state index contributed by atoms with van der Waals surface area (Å²) in [6.07, 6.45) is 1.48. The summed E-state index contributed by atoms with van der Waals surface area (Å²) < 4.78 is 32.0. The average Bonchev–Trinajstić information content (AvgIpc) is 2.65. The molecule has 0 radical (unpaired) electrons. The monoisotopic (exact) mass is 290 g/mol. The number of sulfonamides is 1. The lowest BCUT2D eigenvalue weighted by Crippen LogP contribution is -2.32. The molecule has 2 rings (SSSR count). The zero-order valence-electron chi connectivity index (χ0n) is 10.2. The molecular formula is C11H18N2O3S2. The maximum absolute atomic E-state index is 12.4. The van der Waals surface area contributed by atoms with Gasteiger partial charge in [-0.1, -0.05) is 0 Å². The van der Waals surface area contributed by atoms with Gasteiger partial charge in [-0.3, -0.25) is 0 Å². The van der Waals surface area contributed by atoms with E-state index in [9.17, 15) is 8.42 Å². The summed E-state index contributed by atoms with van der Waals surface area (Å²) in [5.41, 5.74) is 5.47. The fourth-order valence-electron chi connectivity index (χ4n) is 1.86. The molecule has 0 aliphatic carbocycles. The largest absolute Gasteiger partial charge is 0.380 e. The third kappa shape index (κ3) is 3.10. The highest BCUT2D eigenvalue weighted by Crippen LogP contribution is 2.25. The molecule has 0 aromatic carbocycles. The van der Waals surface area contributed by atoms with Gasteiger partial charge in [-0.15, -0.1) is 11.3 Å². The molecule has 1 saturated heterocycles. The number of rotatable bonds is 4. The molecule has 0 atom stereocenters. The van der Waals surface area contributed by atoms with E-state index in [4.69, 9.17) is 10.5 Å². The minimum absolute atomic E-state index is 0.410. The molecule has 0 bridgehead atoms. The SMILES string of the molecule is NCCc1ccc(S(=O)(=O)N2CCCOCC2)s1. The number of hydrogen-bond acceptors (Lipinski definition) is 5. The van der Waals surface area contributed by atoms with E-state index in [-0.39, 0.29) is 0 Å². The zero-order chi connectivity index (χ0) is 13.0. The van der Waals surface area contributed by atoms with Crippen molar-refractivity contribution in [2.75, 3.05) is 32.8 Å². The van der Waals surface area contributed by atoms with Crippen LogP contribution in [0.25, 0.3) is 0 Å². The van der Waals surface area contributed by atoms with Crippen LogP contribution in [0, 0.1) is 0 Å². The topological polar surface area (TPSA) is 72.6 Å². The van der Waals surface area contributed by atoms with Gasteiger partial charge in [-0.25, -0.2) is 8.42 Å². The summed E-state index contributed by atoms with van der Waals surface area (Å²) in [5.74, 6) is 0. The molecule has 18 heavy (non-hydrogen) atoms. The number of hydrogen-bond donors (Lipinski definition) is 1. The highest BCUT2D eigenvalue weighted by molar-refractivity contribution is 7.91. The first kappa shape index (κ1) is 14.0. The second-order valence-electron chi connectivity index (χ2n) is 4.13. The van der Waals surface area contributed by atoms with E-state index in [1.807, 2.05) is 6.07 Å². The summed E-state index contributed by atoms with van der Waals surface area (Å²) in [4.78, 5) is 1.02. The smallest absolute Gasteiger partial charge is 0.252 e. The van der Waals surface area contributed by atoms with Crippen molar-refractivity contribution in [1.29, 1.82) is 0 Å². The Morgan fingerprint density at radius 1 is 1.33 bits per heavy atom. The summed E-state index contributed by atoms with van der Waals surface area (Å²) in [5, 5.41) is 0. The van der Waals surface area contributed by atoms with Crippen molar-refractivity contribution < 1.29 is 13.2 Å². The minimum atomic E-state index is -3.35. The summed E-state index contributed by atoms with van der Waals surface area (Å²) in [6.45, 7) is 2.62. The van der Waals surface area contributed by atoms with Gasteiger partial charge < -0.3 is 10.5 Å². The van der Waals surface area contributed by atoms with Gasteiger partial charge in [0.1, 0.15) is 4.21 Å². The number of ether oxygens (including phenoxy) is 1. The Balaban J connectivity index is 2.17. The van der Waals surface area contributed by atoms with Crippen LogP contribution in [0.2, 0.25) is 0 Å². The van der Waals surface area contributed by atoms with Gasteiger partial charge >= 0.3 is 0 Å². The fourth-order valence-corrected chi connectivity index (χ4v) is 4.85. The Bertz CT molecular complexity index is 476. The summed E-state index contributed by atoms with van der Waals surface area (Å²) in [6, 6.07) is 3.52. The highest BCUT2D eigenvalue weighted by Gasteiger charge is 2.26. The normalized spacial score (nSPS) is 18.7. The second-order valence-corrected chi connectivity index (χ2v) is 7.46. The first-order chi connectivity index (χ1) is 8.64. The van der Waals surface area contributed by atoms with Gasteiger partial charge in [0.15, 0.2) is 0 Å². The first-order valence-electron chi connectivity index (χ1n) is 6.01. The van der Waals surface area contributed by atoms with E-state index in [1.165, 1.54) is 15.6 Å². The Hall–Kier alpha value is -0.470. The van der Waals surface area contributed by atoms with E-state index in [2.05, 4.69) is 0 Å². The van der Waals surface area contributed by atoms with Crippen LogP contribution in [0.15, 0.2) is 16.3 Å². The van der Waals surface area contributed by atoms with E-state index in [1.54, 1.807) is 6.07 Å². The van der Waals surface area contributed by atoms with E-state index >= 15 is 0 Å².